The molecule has 1 aliphatic heterocycles. The fourth-order valence-electron chi connectivity index (χ4n) is 0.376. The van der Waals surface area contributed by atoms with Gasteiger partial charge in [-0.15, -0.1) is 0 Å². The molecule has 0 amide bonds. The maximum atomic E-state index is 3.78. The first-order valence-electron chi connectivity index (χ1n) is 1.99. The molecule has 1 rings (SSSR count). The zero-order chi connectivity index (χ0) is 5.28. The van der Waals surface area contributed by atoms with E-state index in [1.165, 1.54) is 9.14 Å². The Bertz CT molecular complexity index is 124. The third kappa shape index (κ3) is 1.28. The van der Waals surface area contributed by atoms with Crippen molar-refractivity contribution < 1.29 is 0 Å². The molecule has 0 aliphatic carbocycles. The molecule has 0 nitrogen and oxygen atoms in total. The van der Waals surface area contributed by atoms with Gasteiger partial charge in [-0.05, 0) is 17.2 Å². The van der Waals surface area contributed by atoms with Crippen LogP contribution in [0.1, 0.15) is 6.92 Å². The number of hydrogen-bond donors (Lipinski definition) is 0. The summed E-state index contributed by atoms with van der Waals surface area (Å²) in [6, 6.07) is 0. The van der Waals surface area contributed by atoms with Crippen molar-refractivity contribution in [2.45, 2.75) is 6.92 Å². The summed E-state index contributed by atoms with van der Waals surface area (Å²) in [4.78, 5) is 1.36. The van der Waals surface area contributed by atoms with Crippen molar-refractivity contribution in [3.63, 3.8) is 0 Å². The van der Waals surface area contributed by atoms with Crippen molar-refractivity contribution in [1.29, 1.82) is 0 Å². The molecule has 0 bridgehead atoms. The number of allylic oxidation sites excluding steroid dienone is 1. The van der Waals surface area contributed by atoms with Gasteiger partial charge in [-0.2, -0.15) is 0 Å². The Kier molecular flexibility index (Phi) is 1.50. The highest BCUT2D eigenvalue weighted by Gasteiger charge is 2.02. The smallest absolute Gasteiger partial charge is 0.0418 e. The summed E-state index contributed by atoms with van der Waals surface area (Å²) in [6.07, 6.45) is 0. The highest BCUT2D eigenvalue weighted by Crippen LogP contribution is 2.41. The predicted molar refractivity (Wildman–Crippen MR) is 38.1 cm³/mol. The SMILES string of the molecule is C=C1SC=C(C)S1. The van der Waals surface area contributed by atoms with Gasteiger partial charge in [0.05, 0.1) is 0 Å². The standard InChI is InChI=1S/C5H6S2/c1-4-3-6-5(2)7-4/h3H,2H2,1H3. The number of hydrogen-bond acceptors (Lipinski definition) is 2. The fraction of sp³-hybridized carbons (Fsp3) is 0.200. The van der Waals surface area contributed by atoms with Crippen molar-refractivity contribution in [2.24, 2.45) is 0 Å². The largest absolute Gasteiger partial charge is 0.0905 e. The van der Waals surface area contributed by atoms with Gasteiger partial charge >= 0.3 is 0 Å². The lowest BCUT2D eigenvalue weighted by atomic mass is 10.8. The molecule has 0 atom stereocenters. The predicted octanol–water partition coefficient (Wildman–Crippen LogP) is 2.80. The molecular formula is C5H6S2. The van der Waals surface area contributed by atoms with E-state index in [9.17, 15) is 0 Å². The maximum Gasteiger partial charge on any atom is 0.0418 e. The van der Waals surface area contributed by atoms with Gasteiger partial charge in [-0.25, -0.2) is 0 Å². The average Bonchev–Trinajstić information content (AvgIpc) is 1.87. The summed E-state index contributed by atoms with van der Waals surface area (Å²) < 4.78 is 1.19. The Morgan fingerprint density at radius 1 is 1.71 bits per heavy atom. The summed E-state index contributed by atoms with van der Waals surface area (Å²) in [7, 11) is 0. The van der Waals surface area contributed by atoms with Crippen LogP contribution in [-0.4, -0.2) is 0 Å². The van der Waals surface area contributed by atoms with Crippen LogP contribution < -0.4 is 0 Å². The highest BCUT2D eigenvalue weighted by molar-refractivity contribution is 8.27. The van der Waals surface area contributed by atoms with Gasteiger partial charge in [0, 0.05) is 4.24 Å². The molecule has 0 aromatic heterocycles. The van der Waals surface area contributed by atoms with E-state index in [0.29, 0.717) is 0 Å². The Hall–Kier alpha value is 0.180. The van der Waals surface area contributed by atoms with Gasteiger partial charge in [0.2, 0.25) is 0 Å². The van der Waals surface area contributed by atoms with E-state index >= 15 is 0 Å². The average molecular weight is 130 g/mol. The molecule has 0 saturated carbocycles. The minimum absolute atomic E-state index is 1.19. The third-order valence-corrected chi connectivity index (χ3v) is 2.72. The van der Waals surface area contributed by atoms with Crippen LogP contribution in [0, 0.1) is 0 Å². The number of rotatable bonds is 0. The second-order valence-corrected chi connectivity index (χ2v) is 3.88. The highest BCUT2D eigenvalue weighted by atomic mass is 32.2. The van der Waals surface area contributed by atoms with E-state index in [2.05, 4.69) is 18.9 Å². The number of thioether (sulfide) groups is 2. The van der Waals surface area contributed by atoms with Crippen LogP contribution in [0.15, 0.2) is 21.1 Å². The quantitative estimate of drug-likeness (QED) is 0.494. The van der Waals surface area contributed by atoms with E-state index in [1.54, 1.807) is 23.5 Å². The first-order valence-corrected chi connectivity index (χ1v) is 3.69. The van der Waals surface area contributed by atoms with Gasteiger partial charge in [0.25, 0.3) is 0 Å². The van der Waals surface area contributed by atoms with E-state index in [0.717, 1.165) is 0 Å². The van der Waals surface area contributed by atoms with E-state index in [1.807, 2.05) is 0 Å². The molecule has 1 aliphatic rings. The van der Waals surface area contributed by atoms with Gasteiger partial charge in [0.1, 0.15) is 0 Å². The summed E-state index contributed by atoms with van der Waals surface area (Å²) in [6.45, 7) is 5.87. The summed E-state index contributed by atoms with van der Waals surface area (Å²) in [5.74, 6) is 0. The van der Waals surface area contributed by atoms with E-state index in [4.69, 9.17) is 0 Å². The lowest BCUT2D eigenvalue weighted by Crippen LogP contribution is -1.49. The molecule has 0 spiro atoms. The molecule has 0 N–H and O–H groups in total. The maximum absolute atomic E-state index is 3.78. The Morgan fingerprint density at radius 3 is 2.57 bits per heavy atom. The third-order valence-electron chi connectivity index (χ3n) is 0.631. The Labute approximate surface area is 52.1 Å². The van der Waals surface area contributed by atoms with Crippen LogP contribution in [0.25, 0.3) is 0 Å². The molecular weight excluding hydrogens is 124 g/mol. The second kappa shape index (κ2) is 1.97. The topological polar surface area (TPSA) is 0 Å². The Morgan fingerprint density at radius 2 is 2.43 bits per heavy atom. The lowest BCUT2D eigenvalue weighted by Gasteiger charge is -1.84. The zero-order valence-corrected chi connectivity index (χ0v) is 5.73. The first kappa shape index (κ1) is 5.32. The van der Waals surface area contributed by atoms with Crippen molar-refractivity contribution in [2.75, 3.05) is 0 Å². The van der Waals surface area contributed by atoms with Crippen molar-refractivity contribution >= 4 is 23.5 Å². The van der Waals surface area contributed by atoms with Crippen molar-refractivity contribution in [3.05, 3.63) is 21.1 Å². The van der Waals surface area contributed by atoms with Gasteiger partial charge in [0.15, 0.2) is 0 Å². The summed E-state index contributed by atoms with van der Waals surface area (Å²) >= 11 is 3.46. The molecule has 2 heteroatoms. The van der Waals surface area contributed by atoms with Gasteiger partial charge in [-0.3, -0.25) is 0 Å². The molecule has 0 aromatic rings. The molecule has 0 fully saturated rings. The minimum Gasteiger partial charge on any atom is -0.0905 e. The Balaban J connectivity index is 2.58. The molecule has 0 aromatic carbocycles. The summed E-state index contributed by atoms with van der Waals surface area (Å²) in [5.41, 5.74) is 0. The van der Waals surface area contributed by atoms with Gasteiger partial charge in [-0.1, -0.05) is 30.1 Å². The molecule has 38 valence electrons. The molecule has 0 radical (unpaired) electrons. The normalized spacial score (nSPS) is 20.1. The van der Waals surface area contributed by atoms with E-state index in [-0.39, 0.29) is 0 Å². The molecule has 0 unspecified atom stereocenters. The van der Waals surface area contributed by atoms with Crippen LogP contribution in [0.3, 0.4) is 0 Å². The van der Waals surface area contributed by atoms with Crippen LogP contribution in [0.4, 0.5) is 0 Å². The van der Waals surface area contributed by atoms with Gasteiger partial charge < -0.3 is 0 Å². The molecule has 7 heavy (non-hydrogen) atoms. The van der Waals surface area contributed by atoms with Crippen LogP contribution in [-0.2, 0) is 0 Å². The van der Waals surface area contributed by atoms with E-state index < -0.39 is 0 Å². The second-order valence-electron chi connectivity index (χ2n) is 1.32. The van der Waals surface area contributed by atoms with Crippen LogP contribution in [0.5, 0.6) is 0 Å². The minimum atomic E-state index is 1.19. The molecule has 1 heterocycles. The lowest BCUT2D eigenvalue weighted by molar-refractivity contribution is 1.73. The van der Waals surface area contributed by atoms with Crippen LogP contribution >= 0.6 is 23.5 Å². The molecule has 0 saturated heterocycles. The van der Waals surface area contributed by atoms with Crippen molar-refractivity contribution in [3.8, 4) is 0 Å². The van der Waals surface area contributed by atoms with Crippen molar-refractivity contribution in [1.82, 2.24) is 0 Å². The van der Waals surface area contributed by atoms with Crippen LogP contribution in [0.2, 0.25) is 0 Å². The zero-order valence-electron chi connectivity index (χ0n) is 4.10. The fourth-order valence-corrected chi connectivity index (χ4v) is 2.10. The first-order chi connectivity index (χ1) is 3.29. The summed E-state index contributed by atoms with van der Waals surface area (Å²) in [5, 5.41) is 2.12. The monoisotopic (exact) mass is 130 g/mol.